The first kappa shape index (κ1) is 11.2. The number of halogens is 2. The van der Waals surface area contributed by atoms with Crippen molar-refractivity contribution < 1.29 is 5.11 Å². The lowest BCUT2D eigenvalue weighted by atomic mass is 9.74. The Kier molecular flexibility index (Phi) is 2.92. The molecule has 0 atom stereocenters. The number of pyridine rings is 1. The number of nitrogens with zero attached hydrogens (tertiary/aromatic N) is 1. The predicted molar refractivity (Wildman–Crippen MR) is 63.1 cm³/mol. The summed E-state index contributed by atoms with van der Waals surface area (Å²) >= 11 is 9.01. The van der Waals surface area contributed by atoms with Gasteiger partial charge in [-0.3, -0.25) is 0 Å². The van der Waals surface area contributed by atoms with Gasteiger partial charge in [0.2, 0.25) is 0 Å². The third-order valence-electron chi connectivity index (χ3n) is 2.88. The molecule has 0 radical (unpaired) electrons. The van der Waals surface area contributed by atoms with Crippen molar-refractivity contribution in [3.05, 3.63) is 21.4 Å². The van der Waals surface area contributed by atoms with E-state index in [1.54, 1.807) is 6.07 Å². The van der Waals surface area contributed by atoms with E-state index in [0.29, 0.717) is 4.60 Å². The van der Waals surface area contributed by atoms with E-state index in [1.165, 1.54) is 6.42 Å². The van der Waals surface area contributed by atoms with Crippen LogP contribution in [0, 0.1) is 0 Å². The van der Waals surface area contributed by atoms with Crippen LogP contribution in [-0.4, -0.2) is 15.6 Å². The standard InChI is InChI=1S/C10H12BrClN2O/c11-8-6(4-7(15)9(12)14-8)5-10(13)2-1-3-10/h4,15H,1-3,5,13H2. The van der Waals surface area contributed by atoms with Gasteiger partial charge in [-0.25, -0.2) is 4.98 Å². The van der Waals surface area contributed by atoms with Gasteiger partial charge in [0.1, 0.15) is 4.60 Å². The molecule has 1 saturated carbocycles. The van der Waals surface area contributed by atoms with E-state index in [-0.39, 0.29) is 16.4 Å². The fraction of sp³-hybridized carbons (Fsp3) is 0.500. The summed E-state index contributed by atoms with van der Waals surface area (Å²) in [5.74, 6) is 0.0118. The average molecular weight is 292 g/mol. The third kappa shape index (κ3) is 2.27. The lowest BCUT2D eigenvalue weighted by Gasteiger charge is -2.38. The number of nitrogens with two attached hydrogens (primary N) is 1. The summed E-state index contributed by atoms with van der Waals surface area (Å²) in [7, 11) is 0. The highest BCUT2D eigenvalue weighted by Gasteiger charge is 2.33. The van der Waals surface area contributed by atoms with Gasteiger partial charge in [-0.1, -0.05) is 11.6 Å². The lowest BCUT2D eigenvalue weighted by Crippen LogP contribution is -2.48. The fourth-order valence-electron chi connectivity index (χ4n) is 1.81. The zero-order chi connectivity index (χ0) is 11.1. The number of hydrogen-bond donors (Lipinski definition) is 2. The van der Waals surface area contributed by atoms with Crippen molar-refractivity contribution in [3.63, 3.8) is 0 Å². The molecule has 1 aliphatic rings. The highest BCUT2D eigenvalue weighted by Crippen LogP contribution is 2.35. The van der Waals surface area contributed by atoms with E-state index in [9.17, 15) is 5.11 Å². The van der Waals surface area contributed by atoms with Crippen LogP contribution in [0.4, 0.5) is 0 Å². The fourth-order valence-corrected chi connectivity index (χ4v) is 2.48. The molecule has 1 aliphatic carbocycles. The number of aromatic hydroxyl groups is 1. The van der Waals surface area contributed by atoms with Crippen LogP contribution in [0.15, 0.2) is 10.7 Å². The summed E-state index contributed by atoms with van der Waals surface area (Å²) < 4.78 is 0.669. The minimum Gasteiger partial charge on any atom is -0.505 e. The van der Waals surface area contributed by atoms with Gasteiger partial charge < -0.3 is 10.8 Å². The van der Waals surface area contributed by atoms with Gasteiger partial charge in [0.05, 0.1) is 0 Å². The molecule has 5 heteroatoms. The Hall–Kier alpha value is -0.320. The van der Waals surface area contributed by atoms with Gasteiger partial charge in [0.15, 0.2) is 10.9 Å². The molecule has 15 heavy (non-hydrogen) atoms. The van der Waals surface area contributed by atoms with Crippen molar-refractivity contribution in [1.82, 2.24) is 4.98 Å². The first-order valence-electron chi connectivity index (χ1n) is 4.83. The quantitative estimate of drug-likeness (QED) is 0.824. The van der Waals surface area contributed by atoms with Crippen LogP contribution in [0.3, 0.4) is 0 Å². The predicted octanol–water partition coefficient (Wildman–Crippen LogP) is 2.63. The van der Waals surface area contributed by atoms with Crippen LogP contribution >= 0.6 is 27.5 Å². The van der Waals surface area contributed by atoms with Crippen LogP contribution in [0.2, 0.25) is 5.15 Å². The Morgan fingerprint density at radius 3 is 2.80 bits per heavy atom. The van der Waals surface area contributed by atoms with Gasteiger partial charge in [0, 0.05) is 5.54 Å². The molecule has 0 amide bonds. The molecule has 2 rings (SSSR count). The highest BCUT2D eigenvalue weighted by atomic mass is 79.9. The van der Waals surface area contributed by atoms with Crippen LogP contribution < -0.4 is 5.73 Å². The van der Waals surface area contributed by atoms with E-state index in [4.69, 9.17) is 17.3 Å². The summed E-state index contributed by atoms with van der Waals surface area (Å²) in [5, 5.41) is 9.57. The molecular formula is C10H12BrClN2O. The molecule has 1 aromatic heterocycles. The Morgan fingerprint density at radius 1 is 1.60 bits per heavy atom. The van der Waals surface area contributed by atoms with Crippen molar-refractivity contribution in [2.45, 2.75) is 31.2 Å². The van der Waals surface area contributed by atoms with E-state index in [2.05, 4.69) is 20.9 Å². The molecule has 3 nitrogen and oxygen atoms in total. The van der Waals surface area contributed by atoms with Gasteiger partial charge in [0.25, 0.3) is 0 Å². The largest absolute Gasteiger partial charge is 0.505 e. The van der Waals surface area contributed by atoms with E-state index in [1.807, 2.05) is 0 Å². The van der Waals surface area contributed by atoms with Crippen molar-refractivity contribution in [1.29, 1.82) is 0 Å². The second-order valence-electron chi connectivity index (χ2n) is 4.14. The van der Waals surface area contributed by atoms with Crippen LogP contribution in [0.5, 0.6) is 5.75 Å². The van der Waals surface area contributed by atoms with E-state index >= 15 is 0 Å². The summed E-state index contributed by atoms with van der Waals surface area (Å²) in [6.07, 6.45) is 3.97. The van der Waals surface area contributed by atoms with Gasteiger partial charge in [-0.05, 0) is 53.2 Å². The number of hydrogen-bond acceptors (Lipinski definition) is 3. The molecule has 1 heterocycles. The minimum atomic E-state index is -0.121. The molecule has 0 unspecified atom stereocenters. The van der Waals surface area contributed by atoms with Gasteiger partial charge in [-0.15, -0.1) is 0 Å². The third-order valence-corrected chi connectivity index (χ3v) is 3.84. The summed E-state index contributed by atoms with van der Waals surface area (Å²) in [5.41, 5.74) is 6.92. The first-order chi connectivity index (χ1) is 7.00. The number of aromatic nitrogens is 1. The van der Waals surface area contributed by atoms with Crippen LogP contribution in [-0.2, 0) is 6.42 Å². The highest BCUT2D eigenvalue weighted by molar-refractivity contribution is 9.10. The lowest BCUT2D eigenvalue weighted by molar-refractivity contribution is 0.247. The van der Waals surface area contributed by atoms with Crippen molar-refractivity contribution in [2.75, 3.05) is 0 Å². The smallest absolute Gasteiger partial charge is 0.171 e. The maximum Gasteiger partial charge on any atom is 0.171 e. The molecule has 3 N–H and O–H groups in total. The van der Waals surface area contributed by atoms with Crippen LogP contribution in [0.25, 0.3) is 0 Å². The summed E-state index contributed by atoms with van der Waals surface area (Å²) in [4.78, 5) is 3.99. The molecule has 82 valence electrons. The normalized spacial score (nSPS) is 18.6. The zero-order valence-electron chi connectivity index (χ0n) is 8.13. The van der Waals surface area contributed by atoms with Gasteiger partial charge in [-0.2, -0.15) is 0 Å². The topological polar surface area (TPSA) is 59.1 Å². The van der Waals surface area contributed by atoms with E-state index < -0.39 is 0 Å². The second kappa shape index (κ2) is 3.92. The first-order valence-corrected chi connectivity index (χ1v) is 6.00. The van der Waals surface area contributed by atoms with Crippen molar-refractivity contribution in [3.8, 4) is 5.75 Å². The van der Waals surface area contributed by atoms with Crippen molar-refractivity contribution in [2.24, 2.45) is 5.73 Å². The maximum atomic E-state index is 9.46. The van der Waals surface area contributed by atoms with Gasteiger partial charge >= 0.3 is 0 Å². The molecule has 0 aromatic carbocycles. The van der Waals surface area contributed by atoms with Crippen molar-refractivity contribution >= 4 is 27.5 Å². The molecular weight excluding hydrogens is 279 g/mol. The minimum absolute atomic E-state index is 0.0118. The van der Waals surface area contributed by atoms with E-state index in [0.717, 1.165) is 24.8 Å². The maximum absolute atomic E-state index is 9.46. The summed E-state index contributed by atoms with van der Waals surface area (Å²) in [6.45, 7) is 0. The number of rotatable bonds is 2. The Morgan fingerprint density at radius 2 is 2.27 bits per heavy atom. The molecule has 0 bridgehead atoms. The SMILES string of the molecule is NC1(Cc2cc(O)c(Cl)nc2Br)CCC1. The molecule has 0 saturated heterocycles. The molecule has 1 aromatic rings. The molecule has 0 spiro atoms. The van der Waals surface area contributed by atoms with Crippen LogP contribution in [0.1, 0.15) is 24.8 Å². The monoisotopic (exact) mass is 290 g/mol. The average Bonchev–Trinajstić information content (AvgIpc) is 2.11. The Bertz CT molecular complexity index is 393. The summed E-state index contributed by atoms with van der Waals surface area (Å²) in [6, 6.07) is 1.63. The Labute approximate surface area is 102 Å². The Balaban J connectivity index is 2.24. The molecule has 1 fully saturated rings. The second-order valence-corrected chi connectivity index (χ2v) is 5.25. The molecule has 0 aliphatic heterocycles. The zero-order valence-corrected chi connectivity index (χ0v) is 10.5.